The van der Waals surface area contributed by atoms with Gasteiger partial charge in [0.15, 0.2) is 11.5 Å². The van der Waals surface area contributed by atoms with E-state index in [0.717, 1.165) is 5.75 Å². The number of methoxy groups -OCH3 is 1. The largest absolute Gasteiger partial charge is 0.493 e. The summed E-state index contributed by atoms with van der Waals surface area (Å²) in [5.41, 5.74) is 3.89. The highest BCUT2D eigenvalue weighted by molar-refractivity contribution is 6.31. The second-order valence-electron chi connectivity index (χ2n) is 7.25. The molecule has 1 fully saturated rings. The van der Waals surface area contributed by atoms with E-state index < -0.39 is 11.8 Å². The number of nitrogens with one attached hydrogen (secondary N) is 1. The van der Waals surface area contributed by atoms with Crippen molar-refractivity contribution < 1.29 is 23.8 Å². The number of rotatable bonds is 9. The summed E-state index contributed by atoms with van der Waals surface area (Å²) in [6.45, 7) is 0.988. The molecule has 168 valence electrons. The molecule has 0 atom stereocenters. The minimum Gasteiger partial charge on any atom is -0.493 e. The molecule has 2 amide bonds. The van der Waals surface area contributed by atoms with Crippen molar-refractivity contribution in [1.29, 1.82) is 0 Å². The predicted octanol–water partition coefficient (Wildman–Crippen LogP) is 4.00. The molecule has 7 nitrogen and oxygen atoms in total. The van der Waals surface area contributed by atoms with Crippen molar-refractivity contribution in [2.45, 2.75) is 6.42 Å². The fourth-order valence-electron chi connectivity index (χ4n) is 3.32. The van der Waals surface area contributed by atoms with Crippen molar-refractivity contribution >= 4 is 23.6 Å². The van der Waals surface area contributed by atoms with Gasteiger partial charge in [-0.1, -0.05) is 42.5 Å². The Morgan fingerprint density at radius 3 is 2.27 bits per heavy atom. The molecule has 0 bridgehead atoms. The maximum Gasteiger partial charge on any atom is 0.282 e. The van der Waals surface area contributed by atoms with Gasteiger partial charge in [0.05, 0.1) is 26.0 Å². The number of nitrogens with zero attached hydrogens (tertiary/aromatic N) is 1. The van der Waals surface area contributed by atoms with Crippen molar-refractivity contribution in [1.82, 2.24) is 5.43 Å². The molecule has 1 aliphatic rings. The second kappa shape index (κ2) is 10.4. The number of anilines is 1. The van der Waals surface area contributed by atoms with Crippen LogP contribution in [0.25, 0.3) is 6.08 Å². The normalized spacial score (nSPS) is 14.3. The van der Waals surface area contributed by atoms with Gasteiger partial charge in [0.25, 0.3) is 11.8 Å². The Balaban J connectivity index is 1.38. The van der Waals surface area contributed by atoms with Gasteiger partial charge >= 0.3 is 0 Å². The van der Waals surface area contributed by atoms with Crippen molar-refractivity contribution in [2.24, 2.45) is 0 Å². The lowest BCUT2D eigenvalue weighted by molar-refractivity contribution is -0.117. The molecular weight excluding hydrogens is 420 g/mol. The monoisotopic (exact) mass is 444 g/mol. The van der Waals surface area contributed by atoms with Gasteiger partial charge in [-0.25, -0.2) is 5.01 Å². The van der Waals surface area contributed by atoms with E-state index in [0.29, 0.717) is 42.4 Å². The first-order valence-corrected chi connectivity index (χ1v) is 10.6. The van der Waals surface area contributed by atoms with Crippen LogP contribution in [0.15, 0.2) is 84.4 Å². The lowest BCUT2D eigenvalue weighted by atomic mass is 10.1. The van der Waals surface area contributed by atoms with Crippen LogP contribution in [0.4, 0.5) is 5.69 Å². The smallest absolute Gasteiger partial charge is 0.282 e. The summed E-state index contributed by atoms with van der Waals surface area (Å²) in [6, 6.07) is 23.8. The quantitative estimate of drug-likeness (QED) is 0.307. The van der Waals surface area contributed by atoms with E-state index in [1.54, 1.807) is 55.7 Å². The SMILES string of the molecule is COc1cc(/C=C2/C(=O)NN(c3ccccc3)C2=O)ccc1OCCCOc1ccccc1. The third kappa shape index (κ3) is 5.33. The number of para-hydroxylation sites is 2. The van der Waals surface area contributed by atoms with E-state index in [2.05, 4.69) is 5.43 Å². The third-order valence-electron chi connectivity index (χ3n) is 4.96. The van der Waals surface area contributed by atoms with Crippen LogP contribution in [0.5, 0.6) is 17.2 Å². The molecule has 1 N–H and O–H groups in total. The summed E-state index contributed by atoms with van der Waals surface area (Å²) < 4.78 is 16.9. The van der Waals surface area contributed by atoms with Gasteiger partial charge in [0.1, 0.15) is 11.3 Å². The van der Waals surface area contributed by atoms with Crippen molar-refractivity contribution in [3.8, 4) is 17.2 Å². The maximum atomic E-state index is 12.8. The summed E-state index contributed by atoms with van der Waals surface area (Å²) in [7, 11) is 1.54. The van der Waals surface area contributed by atoms with Gasteiger partial charge in [0.2, 0.25) is 0 Å². The first-order valence-electron chi connectivity index (χ1n) is 10.6. The van der Waals surface area contributed by atoms with Crippen molar-refractivity contribution in [3.63, 3.8) is 0 Å². The van der Waals surface area contributed by atoms with Crippen LogP contribution < -0.4 is 24.6 Å². The summed E-state index contributed by atoms with van der Waals surface area (Å²) in [6.07, 6.45) is 2.24. The molecule has 1 saturated heterocycles. The van der Waals surface area contributed by atoms with Crippen LogP contribution in [0.3, 0.4) is 0 Å². The Hall–Kier alpha value is -4.26. The zero-order valence-corrected chi connectivity index (χ0v) is 18.2. The molecule has 0 aromatic heterocycles. The van der Waals surface area contributed by atoms with Gasteiger partial charge < -0.3 is 14.2 Å². The van der Waals surface area contributed by atoms with Gasteiger partial charge in [-0.15, -0.1) is 0 Å². The minimum atomic E-state index is -0.457. The molecular formula is C26H24N2O5. The lowest BCUT2D eigenvalue weighted by Crippen LogP contribution is -2.35. The Morgan fingerprint density at radius 1 is 0.848 bits per heavy atom. The highest BCUT2D eigenvalue weighted by Crippen LogP contribution is 2.30. The molecule has 7 heteroatoms. The Kier molecular flexibility index (Phi) is 6.90. The van der Waals surface area contributed by atoms with Crippen LogP contribution >= 0.6 is 0 Å². The third-order valence-corrected chi connectivity index (χ3v) is 4.96. The molecule has 0 radical (unpaired) electrons. The molecule has 0 unspecified atom stereocenters. The summed E-state index contributed by atoms with van der Waals surface area (Å²) in [4.78, 5) is 25.1. The van der Waals surface area contributed by atoms with E-state index in [4.69, 9.17) is 14.2 Å². The topological polar surface area (TPSA) is 77.1 Å². The average Bonchev–Trinajstić information content (AvgIpc) is 3.14. The highest BCUT2D eigenvalue weighted by Gasteiger charge is 2.34. The molecule has 1 heterocycles. The second-order valence-corrected chi connectivity index (χ2v) is 7.25. The highest BCUT2D eigenvalue weighted by atomic mass is 16.5. The number of hydrogen-bond donors (Lipinski definition) is 1. The molecule has 0 saturated carbocycles. The molecule has 0 aliphatic carbocycles. The molecule has 3 aromatic rings. The maximum absolute atomic E-state index is 12.8. The van der Waals surface area contributed by atoms with Crippen LogP contribution in [0.2, 0.25) is 0 Å². The lowest BCUT2D eigenvalue weighted by Gasteiger charge is -2.14. The van der Waals surface area contributed by atoms with Crippen LogP contribution in [0.1, 0.15) is 12.0 Å². The van der Waals surface area contributed by atoms with Crippen LogP contribution in [-0.4, -0.2) is 32.1 Å². The molecule has 4 rings (SSSR count). The van der Waals surface area contributed by atoms with E-state index in [1.165, 1.54) is 5.01 Å². The zero-order valence-electron chi connectivity index (χ0n) is 18.2. The number of amides is 2. The predicted molar refractivity (Wildman–Crippen MR) is 125 cm³/mol. The standard InChI is InChI=1S/C26H24N2O5/c1-31-24-18-19(13-14-23(24)33-16-8-15-32-21-11-6-3-7-12-21)17-22-25(29)27-28(26(22)30)20-9-4-2-5-10-20/h2-7,9-14,17-18H,8,15-16H2,1H3,(H,27,29)/b22-17-. The number of benzene rings is 3. The molecule has 33 heavy (non-hydrogen) atoms. The number of ether oxygens (including phenoxy) is 3. The van der Waals surface area contributed by atoms with E-state index in [9.17, 15) is 9.59 Å². The Morgan fingerprint density at radius 2 is 1.55 bits per heavy atom. The van der Waals surface area contributed by atoms with Gasteiger partial charge in [-0.3, -0.25) is 15.0 Å². The fourth-order valence-corrected chi connectivity index (χ4v) is 3.32. The molecule has 1 aliphatic heterocycles. The van der Waals surface area contributed by atoms with Crippen LogP contribution in [0, 0.1) is 0 Å². The van der Waals surface area contributed by atoms with Gasteiger partial charge in [-0.2, -0.15) is 0 Å². The Bertz CT molecular complexity index is 1150. The van der Waals surface area contributed by atoms with Gasteiger partial charge in [0, 0.05) is 6.42 Å². The Labute approximate surface area is 192 Å². The molecule has 3 aromatic carbocycles. The summed E-state index contributed by atoms with van der Waals surface area (Å²) in [5.74, 6) is 1.04. The first-order chi connectivity index (χ1) is 16.2. The van der Waals surface area contributed by atoms with Gasteiger partial charge in [-0.05, 0) is 48.0 Å². The van der Waals surface area contributed by atoms with E-state index in [1.807, 2.05) is 36.4 Å². The first kappa shape index (κ1) is 22.0. The van der Waals surface area contributed by atoms with E-state index >= 15 is 0 Å². The number of hydrazine groups is 1. The van der Waals surface area contributed by atoms with E-state index in [-0.39, 0.29) is 5.57 Å². The van der Waals surface area contributed by atoms with Crippen LogP contribution in [-0.2, 0) is 9.59 Å². The number of carbonyl (C=O) groups excluding carboxylic acids is 2. The zero-order chi connectivity index (χ0) is 23.0. The number of carbonyl (C=O) groups is 2. The average molecular weight is 444 g/mol. The van der Waals surface area contributed by atoms with Crippen molar-refractivity contribution in [2.75, 3.05) is 25.3 Å². The summed E-state index contributed by atoms with van der Waals surface area (Å²) in [5, 5.41) is 1.24. The fraction of sp³-hybridized carbons (Fsp3) is 0.154. The van der Waals surface area contributed by atoms with Crippen molar-refractivity contribution in [3.05, 3.63) is 90.0 Å². The summed E-state index contributed by atoms with van der Waals surface area (Å²) >= 11 is 0. The molecule has 0 spiro atoms. The minimum absolute atomic E-state index is 0.0487. The number of hydrogen-bond acceptors (Lipinski definition) is 5.